The quantitative estimate of drug-likeness (QED) is 0.289. The molecule has 0 bridgehead atoms. The summed E-state index contributed by atoms with van der Waals surface area (Å²) < 4.78 is 5.68. The third-order valence-electron chi connectivity index (χ3n) is 3.21. The summed E-state index contributed by atoms with van der Waals surface area (Å²) in [4.78, 5) is 9.80. The zero-order valence-electron chi connectivity index (χ0n) is 14.3. The van der Waals surface area contributed by atoms with Crippen LogP contribution in [0.5, 0.6) is 5.75 Å². The van der Waals surface area contributed by atoms with Crippen LogP contribution in [-0.4, -0.2) is 37.7 Å². The molecule has 2 aromatic rings. The second-order valence-corrected chi connectivity index (χ2v) is 6.52. The van der Waals surface area contributed by atoms with Crippen molar-refractivity contribution in [3.05, 3.63) is 45.9 Å². The van der Waals surface area contributed by atoms with Gasteiger partial charge in [0.2, 0.25) is 0 Å². The highest BCUT2D eigenvalue weighted by atomic mass is 127. The zero-order valence-corrected chi connectivity index (χ0v) is 17.5. The molecule has 0 amide bonds. The van der Waals surface area contributed by atoms with Gasteiger partial charge in [-0.25, -0.2) is 4.98 Å². The van der Waals surface area contributed by atoms with E-state index in [1.807, 2.05) is 30.5 Å². The van der Waals surface area contributed by atoms with Crippen molar-refractivity contribution < 1.29 is 4.74 Å². The Morgan fingerprint density at radius 1 is 1.17 bits per heavy atom. The van der Waals surface area contributed by atoms with Gasteiger partial charge >= 0.3 is 0 Å². The lowest BCUT2D eigenvalue weighted by molar-refractivity contribution is 0.322. The van der Waals surface area contributed by atoms with Gasteiger partial charge < -0.3 is 15.4 Å². The first-order valence-corrected chi connectivity index (χ1v) is 8.54. The maximum Gasteiger partial charge on any atom is 0.191 e. The zero-order chi connectivity index (χ0) is 16.5. The third-order valence-corrected chi connectivity index (χ3v) is 4.18. The number of benzene rings is 1. The second-order valence-electron chi connectivity index (χ2n) is 5.20. The molecule has 24 heavy (non-hydrogen) atoms. The van der Waals surface area contributed by atoms with Crippen molar-refractivity contribution in [1.82, 2.24) is 15.6 Å². The Balaban J connectivity index is 0.00000288. The van der Waals surface area contributed by atoms with Crippen LogP contribution in [0.3, 0.4) is 0 Å². The fraction of sp³-hybridized carbons (Fsp3) is 0.412. The molecule has 0 aliphatic heterocycles. The predicted molar refractivity (Wildman–Crippen MR) is 112 cm³/mol. The maximum atomic E-state index is 5.68. The second kappa shape index (κ2) is 11.2. The number of aliphatic imine (C=N–C) groups is 1. The van der Waals surface area contributed by atoms with Crippen molar-refractivity contribution in [2.45, 2.75) is 20.3 Å². The van der Waals surface area contributed by atoms with E-state index in [4.69, 9.17) is 4.74 Å². The molecule has 0 saturated carbocycles. The Morgan fingerprint density at radius 2 is 1.88 bits per heavy atom. The Morgan fingerprint density at radius 3 is 2.50 bits per heavy atom. The molecule has 0 radical (unpaired) electrons. The number of nitrogens with one attached hydrogen (secondary N) is 2. The van der Waals surface area contributed by atoms with Gasteiger partial charge in [0.25, 0.3) is 0 Å². The van der Waals surface area contributed by atoms with E-state index in [0.29, 0.717) is 13.2 Å². The van der Waals surface area contributed by atoms with Gasteiger partial charge in [0.05, 0.1) is 11.6 Å². The van der Waals surface area contributed by atoms with E-state index < -0.39 is 0 Å². The van der Waals surface area contributed by atoms with E-state index in [1.165, 1.54) is 10.4 Å². The van der Waals surface area contributed by atoms with E-state index in [-0.39, 0.29) is 24.0 Å². The average Bonchev–Trinajstić information content (AvgIpc) is 2.97. The molecule has 0 saturated heterocycles. The van der Waals surface area contributed by atoms with Gasteiger partial charge in [0, 0.05) is 31.1 Å². The van der Waals surface area contributed by atoms with Crippen molar-refractivity contribution >= 4 is 41.3 Å². The molecule has 0 aliphatic rings. The monoisotopic (exact) mass is 460 g/mol. The minimum absolute atomic E-state index is 0. The summed E-state index contributed by atoms with van der Waals surface area (Å²) >= 11 is 1.74. The van der Waals surface area contributed by atoms with Crippen LogP contribution in [-0.2, 0) is 6.42 Å². The Kier molecular flexibility index (Phi) is 9.70. The van der Waals surface area contributed by atoms with Gasteiger partial charge in [0.15, 0.2) is 5.96 Å². The molecule has 1 heterocycles. The number of guanidine groups is 1. The van der Waals surface area contributed by atoms with E-state index >= 15 is 0 Å². The molecule has 0 spiro atoms. The van der Waals surface area contributed by atoms with Crippen LogP contribution in [0.15, 0.2) is 35.5 Å². The van der Waals surface area contributed by atoms with Crippen molar-refractivity contribution in [2.24, 2.45) is 4.99 Å². The van der Waals surface area contributed by atoms with Crippen LogP contribution in [0.2, 0.25) is 0 Å². The van der Waals surface area contributed by atoms with Crippen LogP contribution in [0.1, 0.15) is 15.4 Å². The van der Waals surface area contributed by atoms with E-state index in [2.05, 4.69) is 34.5 Å². The van der Waals surface area contributed by atoms with Gasteiger partial charge in [-0.2, -0.15) is 0 Å². The Hall–Kier alpha value is -1.35. The number of halogens is 1. The normalized spacial score (nSPS) is 10.9. The molecule has 1 aromatic heterocycles. The van der Waals surface area contributed by atoms with Crippen LogP contribution in [0.4, 0.5) is 0 Å². The number of nitrogens with zero attached hydrogens (tertiary/aromatic N) is 2. The van der Waals surface area contributed by atoms with Gasteiger partial charge in [-0.3, -0.25) is 4.99 Å². The predicted octanol–water partition coefficient (Wildman–Crippen LogP) is 3.16. The molecule has 0 fully saturated rings. The molecular weight excluding hydrogens is 435 g/mol. The summed E-state index contributed by atoms with van der Waals surface area (Å²) in [6, 6.07) is 8.06. The Bertz CT molecular complexity index is 628. The van der Waals surface area contributed by atoms with E-state index in [0.717, 1.165) is 29.7 Å². The van der Waals surface area contributed by atoms with Crippen molar-refractivity contribution in [3.8, 4) is 5.75 Å². The van der Waals surface area contributed by atoms with Crippen molar-refractivity contribution in [1.29, 1.82) is 0 Å². The molecule has 1 aromatic carbocycles. The van der Waals surface area contributed by atoms with Crippen LogP contribution in [0, 0.1) is 13.8 Å². The number of ether oxygens (including phenoxy) is 1. The van der Waals surface area contributed by atoms with Gasteiger partial charge in [-0.15, -0.1) is 35.3 Å². The summed E-state index contributed by atoms with van der Waals surface area (Å²) in [5.74, 6) is 1.67. The molecule has 132 valence electrons. The Labute approximate surface area is 165 Å². The summed E-state index contributed by atoms with van der Waals surface area (Å²) in [5.41, 5.74) is 1.23. The fourth-order valence-electron chi connectivity index (χ4n) is 2.00. The van der Waals surface area contributed by atoms with Crippen LogP contribution < -0.4 is 15.4 Å². The summed E-state index contributed by atoms with van der Waals surface area (Å²) in [5, 5.41) is 7.67. The fourth-order valence-corrected chi connectivity index (χ4v) is 2.78. The molecule has 7 heteroatoms. The molecule has 2 rings (SSSR count). The summed E-state index contributed by atoms with van der Waals surface area (Å²) in [7, 11) is 1.77. The lowest BCUT2D eigenvalue weighted by Crippen LogP contribution is -2.40. The number of hydrogen-bond acceptors (Lipinski definition) is 4. The topological polar surface area (TPSA) is 58.5 Å². The smallest absolute Gasteiger partial charge is 0.191 e. The lowest BCUT2D eigenvalue weighted by atomic mass is 10.2. The number of rotatable bonds is 7. The summed E-state index contributed by atoms with van der Waals surface area (Å²) in [6.07, 6.45) is 2.81. The molecule has 0 aliphatic carbocycles. The molecule has 5 nitrogen and oxygen atoms in total. The third kappa shape index (κ3) is 7.48. The molecule has 0 atom stereocenters. The van der Waals surface area contributed by atoms with Gasteiger partial charge in [-0.05, 0) is 26.0 Å². The van der Waals surface area contributed by atoms with Gasteiger partial charge in [0.1, 0.15) is 12.4 Å². The SMILES string of the molecule is CN=C(NCCOc1ccc(C)cc1)NCCc1ncc(C)s1.I. The number of hydrogen-bond donors (Lipinski definition) is 2. The lowest BCUT2D eigenvalue weighted by Gasteiger charge is -2.12. The number of aryl methyl sites for hydroxylation is 2. The molecule has 0 unspecified atom stereocenters. The van der Waals surface area contributed by atoms with Gasteiger partial charge in [-0.1, -0.05) is 17.7 Å². The first-order valence-electron chi connectivity index (χ1n) is 7.72. The average molecular weight is 460 g/mol. The first kappa shape index (κ1) is 20.7. The molecule has 2 N–H and O–H groups in total. The van der Waals surface area contributed by atoms with Crippen molar-refractivity contribution in [3.63, 3.8) is 0 Å². The highest BCUT2D eigenvalue weighted by Crippen LogP contribution is 2.11. The van der Waals surface area contributed by atoms with E-state index in [1.54, 1.807) is 18.4 Å². The standard InChI is InChI=1S/C17H24N4OS.HI/c1-13-4-6-15(7-5-13)22-11-10-20-17(18-3)19-9-8-16-21-12-14(2)23-16;/h4-7,12H,8-11H2,1-3H3,(H2,18,19,20);1H. The largest absolute Gasteiger partial charge is 0.492 e. The summed E-state index contributed by atoms with van der Waals surface area (Å²) in [6.45, 7) is 6.24. The number of aromatic nitrogens is 1. The van der Waals surface area contributed by atoms with Crippen LogP contribution in [0.25, 0.3) is 0 Å². The first-order chi connectivity index (χ1) is 11.2. The maximum absolute atomic E-state index is 5.68. The highest BCUT2D eigenvalue weighted by Gasteiger charge is 2.01. The minimum Gasteiger partial charge on any atom is -0.492 e. The van der Waals surface area contributed by atoms with E-state index in [9.17, 15) is 0 Å². The minimum atomic E-state index is 0. The number of thiazole rings is 1. The highest BCUT2D eigenvalue weighted by molar-refractivity contribution is 14.0. The van der Waals surface area contributed by atoms with Crippen molar-refractivity contribution in [2.75, 3.05) is 26.7 Å². The molecular formula is C17H25IN4OS. The van der Waals surface area contributed by atoms with Crippen LogP contribution >= 0.6 is 35.3 Å².